The van der Waals surface area contributed by atoms with Gasteiger partial charge in [-0.2, -0.15) is 0 Å². The number of hydrogen-bond donors (Lipinski definition) is 1. The quantitative estimate of drug-likeness (QED) is 0.519. The zero-order valence-electron chi connectivity index (χ0n) is 6.03. The second-order valence-corrected chi connectivity index (χ2v) is 1.97. The maximum atomic E-state index is 8.95. The van der Waals surface area contributed by atoms with Gasteiger partial charge in [0, 0.05) is 6.07 Å². The van der Waals surface area contributed by atoms with Gasteiger partial charge in [-0.1, -0.05) is 24.8 Å². The first-order valence-electron chi connectivity index (χ1n) is 3.27. The molecule has 0 aliphatic rings. The Labute approximate surface area is 65.7 Å². The van der Waals surface area contributed by atoms with E-state index in [1.165, 1.54) is 6.08 Å². The van der Waals surface area contributed by atoms with Crippen molar-refractivity contribution in [3.63, 3.8) is 0 Å². The number of aliphatic hydroxyl groups excluding tert-OH is 1. The fourth-order valence-corrected chi connectivity index (χ4v) is 0.628. The van der Waals surface area contributed by atoms with Crippen LogP contribution in [-0.4, -0.2) is 11.4 Å². The Morgan fingerprint density at radius 3 is 3.00 bits per heavy atom. The van der Waals surface area contributed by atoms with Crippen LogP contribution < -0.4 is 4.74 Å². The molecule has 1 unspecified atom stereocenters. The maximum Gasteiger partial charge on any atom is 0.217 e. The molecule has 0 fully saturated rings. The Morgan fingerprint density at radius 2 is 2.45 bits per heavy atom. The predicted molar refractivity (Wildman–Crippen MR) is 42.1 cm³/mol. The van der Waals surface area contributed by atoms with E-state index >= 15 is 0 Å². The van der Waals surface area contributed by atoms with Crippen molar-refractivity contribution in [2.24, 2.45) is 0 Å². The monoisotopic (exact) mass is 149 g/mol. The third-order valence-corrected chi connectivity index (χ3v) is 1.13. The predicted octanol–water partition coefficient (Wildman–Crippen LogP) is 1.37. The van der Waals surface area contributed by atoms with Gasteiger partial charge in [0.05, 0.1) is 0 Å². The van der Waals surface area contributed by atoms with Crippen molar-refractivity contribution in [2.45, 2.75) is 6.29 Å². The number of hydrogen-bond acceptors (Lipinski definition) is 2. The zero-order valence-corrected chi connectivity index (χ0v) is 6.03. The fraction of sp³-hybridized carbons (Fsp3) is 0.111. The van der Waals surface area contributed by atoms with E-state index in [-0.39, 0.29) is 0 Å². The number of rotatable bonds is 3. The normalized spacial score (nSPS) is 12.1. The molecule has 1 N–H and O–H groups in total. The van der Waals surface area contributed by atoms with E-state index in [9.17, 15) is 0 Å². The molecule has 1 radical (unpaired) electrons. The minimum absolute atomic E-state index is 0.514. The van der Waals surface area contributed by atoms with Crippen LogP contribution >= 0.6 is 0 Å². The maximum absolute atomic E-state index is 8.95. The van der Waals surface area contributed by atoms with Gasteiger partial charge in [-0.15, -0.1) is 0 Å². The standard InChI is InChI=1S/C9H9O2/c1-2-9(10)11-8-6-4-3-5-7-8/h2-6,9-10H,1H2. The molecule has 1 aromatic carbocycles. The molecule has 2 nitrogen and oxygen atoms in total. The van der Waals surface area contributed by atoms with Gasteiger partial charge in [-0.25, -0.2) is 0 Å². The molecular formula is C9H9O2. The average Bonchev–Trinajstić information content (AvgIpc) is 2.06. The first-order chi connectivity index (χ1) is 5.33. The summed E-state index contributed by atoms with van der Waals surface area (Å²) in [4.78, 5) is 0. The summed E-state index contributed by atoms with van der Waals surface area (Å²) in [5.41, 5.74) is 0. The van der Waals surface area contributed by atoms with Crippen molar-refractivity contribution >= 4 is 0 Å². The highest BCUT2D eigenvalue weighted by atomic mass is 16.6. The summed E-state index contributed by atoms with van der Waals surface area (Å²) in [5, 5.41) is 8.95. The molecule has 1 atom stereocenters. The highest BCUT2D eigenvalue weighted by Crippen LogP contribution is 2.08. The smallest absolute Gasteiger partial charge is 0.217 e. The minimum atomic E-state index is -0.950. The lowest BCUT2D eigenvalue weighted by Gasteiger charge is -2.07. The van der Waals surface area contributed by atoms with Crippen LogP contribution in [0.2, 0.25) is 0 Å². The lowest BCUT2D eigenvalue weighted by Crippen LogP contribution is -2.10. The van der Waals surface area contributed by atoms with Crippen molar-refractivity contribution in [2.75, 3.05) is 0 Å². The number of para-hydroxylation sites is 1. The van der Waals surface area contributed by atoms with Crippen LogP contribution in [0.15, 0.2) is 36.9 Å². The molecule has 0 bridgehead atoms. The topological polar surface area (TPSA) is 29.5 Å². The van der Waals surface area contributed by atoms with Crippen molar-refractivity contribution in [1.29, 1.82) is 0 Å². The van der Waals surface area contributed by atoms with Crippen LogP contribution in [-0.2, 0) is 0 Å². The van der Waals surface area contributed by atoms with Crippen LogP contribution in [0.1, 0.15) is 0 Å². The molecule has 0 heterocycles. The molecule has 0 aliphatic heterocycles. The van der Waals surface area contributed by atoms with Gasteiger partial charge in [0.1, 0.15) is 5.75 Å². The molecular weight excluding hydrogens is 140 g/mol. The largest absolute Gasteiger partial charge is 0.461 e. The summed E-state index contributed by atoms with van der Waals surface area (Å²) in [6.45, 7) is 3.37. The van der Waals surface area contributed by atoms with E-state index in [0.717, 1.165) is 0 Å². The van der Waals surface area contributed by atoms with Crippen LogP contribution in [0.4, 0.5) is 0 Å². The summed E-state index contributed by atoms with van der Waals surface area (Å²) >= 11 is 0. The molecule has 0 saturated heterocycles. The van der Waals surface area contributed by atoms with Gasteiger partial charge in [-0.05, 0) is 12.1 Å². The summed E-state index contributed by atoms with van der Waals surface area (Å²) in [6.07, 6.45) is 0.356. The molecule has 0 spiro atoms. The first kappa shape index (κ1) is 7.82. The van der Waals surface area contributed by atoms with Crippen molar-refractivity contribution < 1.29 is 9.84 Å². The van der Waals surface area contributed by atoms with E-state index in [0.29, 0.717) is 5.75 Å². The molecule has 0 aromatic heterocycles. The van der Waals surface area contributed by atoms with E-state index in [1.54, 1.807) is 12.1 Å². The van der Waals surface area contributed by atoms with Crippen LogP contribution in [0.25, 0.3) is 0 Å². The molecule has 2 heteroatoms. The second kappa shape index (κ2) is 3.78. The lowest BCUT2D eigenvalue weighted by atomic mass is 10.3. The zero-order chi connectivity index (χ0) is 8.10. The third kappa shape index (κ3) is 2.43. The molecule has 0 saturated carbocycles. The van der Waals surface area contributed by atoms with Crippen molar-refractivity contribution in [1.82, 2.24) is 0 Å². The van der Waals surface area contributed by atoms with Crippen molar-refractivity contribution in [3.05, 3.63) is 43.0 Å². The van der Waals surface area contributed by atoms with E-state index < -0.39 is 6.29 Å². The third-order valence-electron chi connectivity index (χ3n) is 1.13. The average molecular weight is 149 g/mol. The Kier molecular flexibility index (Phi) is 2.69. The van der Waals surface area contributed by atoms with Gasteiger partial charge < -0.3 is 9.84 Å². The second-order valence-electron chi connectivity index (χ2n) is 1.97. The Morgan fingerprint density at radius 1 is 1.64 bits per heavy atom. The summed E-state index contributed by atoms with van der Waals surface area (Å²) in [7, 11) is 0. The lowest BCUT2D eigenvalue weighted by molar-refractivity contribution is 0.0249. The van der Waals surface area contributed by atoms with Gasteiger partial charge in [-0.3, -0.25) is 0 Å². The van der Waals surface area contributed by atoms with E-state index in [4.69, 9.17) is 9.84 Å². The number of ether oxygens (including phenoxy) is 1. The SMILES string of the molecule is C=CC(O)Oc1[c]cccc1. The molecule has 1 aromatic rings. The van der Waals surface area contributed by atoms with Crippen LogP contribution in [0, 0.1) is 6.07 Å². The number of aliphatic hydroxyl groups is 1. The highest BCUT2D eigenvalue weighted by molar-refractivity contribution is 5.19. The van der Waals surface area contributed by atoms with Gasteiger partial charge in [0.15, 0.2) is 0 Å². The minimum Gasteiger partial charge on any atom is -0.461 e. The van der Waals surface area contributed by atoms with E-state index in [2.05, 4.69) is 12.6 Å². The van der Waals surface area contributed by atoms with Gasteiger partial charge >= 0.3 is 0 Å². The molecule has 0 aliphatic carbocycles. The Bertz CT molecular complexity index is 218. The van der Waals surface area contributed by atoms with Gasteiger partial charge in [0.25, 0.3) is 0 Å². The summed E-state index contributed by atoms with van der Waals surface area (Å²) < 4.78 is 4.95. The summed E-state index contributed by atoms with van der Waals surface area (Å²) in [5.74, 6) is 0.514. The summed E-state index contributed by atoms with van der Waals surface area (Å²) in [6, 6.07) is 9.87. The fourth-order valence-electron chi connectivity index (χ4n) is 0.628. The van der Waals surface area contributed by atoms with Crippen LogP contribution in [0.3, 0.4) is 0 Å². The Balaban J connectivity index is 2.57. The van der Waals surface area contributed by atoms with Crippen LogP contribution in [0.5, 0.6) is 5.75 Å². The van der Waals surface area contributed by atoms with E-state index in [1.807, 2.05) is 12.1 Å². The molecule has 1 rings (SSSR count). The molecule has 11 heavy (non-hydrogen) atoms. The first-order valence-corrected chi connectivity index (χ1v) is 3.27. The van der Waals surface area contributed by atoms with Gasteiger partial charge in [0.2, 0.25) is 6.29 Å². The molecule has 0 amide bonds. The van der Waals surface area contributed by atoms with Crippen molar-refractivity contribution in [3.8, 4) is 5.75 Å². The number of benzene rings is 1. The highest BCUT2D eigenvalue weighted by Gasteiger charge is 1.97. The molecule has 57 valence electrons. The Hall–Kier alpha value is -1.28.